The molecule has 1 unspecified atom stereocenters. The van der Waals surface area contributed by atoms with E-state index >= 15 is 0 Å². The highest BCUT2D eigenvalue weighted by atomic mass is 16.5. The van der Waals surface area contributed by atoms with E-state index in [1.807, 2.05) is 6.92 Å². The van der Waals surface area contributed by atoms with E-state index in [1.165, 1.54) is 10.6 Å². The predicted molar refractivity (Wildman–Crippen MR) is 136 cm³/mol. The van der Waals surface area contributed by atoms with Crippen LogP contribution in [0.5, 0.6) is 5.75 Å². The van der Waals surface area contributed by atoms with Crippen molar-refractivity contribution in [1.82, 2.24) is 9.88 Å². The molecule has 37 heavy (non-hydrogen) atoms. The molecule has 0 spiro atoms. The summed E-state index contributed by atoms with van der Waals surface area (Å²) >= 11 is 0. The van der Waals surface area contributed by atoms with Crippen molar-refractivity contribution in [2.24, 2.45) is 5.73 Å². The van der Waals surface area contributed by atoms with Gasteiger partial charge in [0.2, 0.25) is 11.8 Å². The number of nitrogens with zero attached hydrogens (tertiary/aromatic N) is 1. The molecule has 0 radical (unpaired) electrons. The van der Waals surface area contributed by atoms with Gasteiger partial charge >= 0.3 is 0 Å². The number of ether oxygens (including phenoxy) is 4. The van der Waals surface area contributed by atoms with Crippen LogP contribution >= 0.6 is 0 Å². The minimum absolute atomic E-state index is 0.138. The van der Waals surface area contributed by atoms with Gasteiger partial charge in [-0.3, -0.25) is 29.1 Å². The molecule has 1 aromatic carbocycles. The smallest absolute Gasteiger partial charge is 0.252 e. The molecular formula is C26H35N3O8. The molecule has 2 heterocycles. The Morgan fingerprint density at radius 1 is 1.03 bits per heavy atom. The summed E-state index contributed by atoms with van der Waals surface area (Å²) in [6.07, 6.45) is 1.40. The Morgan fingerprint density at radius 3 is 2.43 bits per heavy atom. The quantitative estimate of drug-likeness (QED) is 0.246. The lowest BCUT2D eigenvalue weighted by molar-refractivity contribution is -0.135. The summed E-state index contributed by atoms with van der Waals surface area (Å²) in [5, 5.41) is 3.07. The van der Waals surface area contributed by atoms with Crippen LogP contribution in [0.4, 0.5) is 0 Å². The molecule has 0 bridgehead atoms. The maximum absolute atomic E-state index is 12.8. The van der Waals surface area contributed by atoms with E-state index in [4.69, 9.17) is 24.7 Å². The Kier molecular flexibility index (Phi) is 11.2. The summed E-state index contributed by atoms with van der Waals surface area (Å²) in [4.78, 5) is 49.0. The molecule has 1 saturated heterocycles. The van der Waals surface area contributed by atoms with Crippen LogP contribution in [0.3, 0.4) is 0 Å². The molecule has 1 aromatic heterocycles. The number of hydrogen-bond donors (Lipinski definition) is 2. The van der Waals surface area contributed by atoms with Gasteiger partial charge in [-0.25, -0.2) is 0 Å². The number of aromatic nitrogens is 1. The number of hydrogen-bond acceptors (Lipinski definition) is 9. The van der Waals surface area contributed by atoms with Crippen LogP contribution < -0.4 is 21.3 Å². The van der Waals surface area contributed by atoms with Crippen LogP contribution in [-0.4, -0.2) is 75.0 Å². The van der Waals surface area contributed by atoms with E-state index < -0.39 is 11.9 Å². The zero-order valence-electron chi connectivity index (χ0n) is 21.2. The van der Waals surface area contributed by atoms with E-state index in [9.17, 15) is 19.2 Å². The lowest BCUT2D eigenvalue weighted by Gasteiger charge is -2.25. The van der Waals surface area contributed by atoms with Crippen molar-refractivity contribution < 1.29 is 33.3 Å². The first-order chi connectivity index (χ1) is 17.9. The molecule has 0 aliphatic carbocycles. The van der Waals surface area contributed by atoms with E-state index in [-0.39, 0.29) is 49.7 Å². The van der Waals surface area contributed by atoms with Crippen LogP contribution in [0.2, 0.25) is 0 Å². The number of nitrogens with one attached hydrogen (secondary N) is 1. The number of carbonyl (C=O) groups excluding carboxylic acids is 3. The second kappa shape index (κ2) is 14.6. The van der Waals surface area contributed by atoms with Gasteiger partial charge in [-0.15, -0.1) is 0 Å². The molecule has 3 rings (SSSR count). The van der Waals surface area contributed by atoms with E-state index in [0.717, 1.165) is 17.4 Å². The van der Waals surface area contributed by atoms with Crippen molar-refractivity contribution in [3.8, 4) is 5.75 Å². The van der Waals surface area contributed by atoms with E-state index in [0.29, 0.717) is 50.8 Å². The number of nitrogens with two attached hydrogens (primary N) is 1. The third-order valence-corrected chi connectivity index (χ3v) is 5.91. The number of ketones is 1. The maximum atomic E-state index is 12.8. The SMILES string of the molecule is Cc1cc(=O)n(C2CCC(=O)NC2=O)c2cc(OCC(=O)CCOCCOCCOCCCN)ccc12. The summed E-state index contributed by atoms with van der Waals surface area (Å²) in [5.74, 6) is -0.601. The average molecular weight is 518 g/mol. The minimum atomic E-state index is -0.796. The maximum Gasteiger partial charge on any atom is 0.252 e. The summed E-state index contributed by atoms with van der Waals surface area (Å²) in [7, 11) is 0. The van der Waals surface area contributed by atoms with Crippen molar-refractivity contribution in [2.45, 2.75) is 38.6 Å². The van der Waals surface area contributed by atoms with Gasteiger partial charge in [-0.05, 0) is 44.0 Å². The summed E-state index contributed by atoms with van der Waals surface area (Å²) in [6.45, 7) is 4.91. The van der Waals surface area contributed by atoms with Gasteiger partial charge in [0.05, 0.1) is 38.6 Å². The number of amides is 2. The van der Waals surface area contributed by atoms with Crippen LogP contribution in [0.25, 0.3) is 10.9 Å². The van der Waals surface area contributed by atoms with Crippen molar-refractivity contribution in [1.29, 1.82) is 0 Å². The third kappa shape index (κ3) is 8.46. The highest BCUT2D eigenvalue weighted by molar-refractivity contribution is 6.00. The number of imide groups is 1. The van der Waals surface area contributed by atoms with Crippen molar-refractivity contribution in [3.05, 3.63) is 40.2 Å². The van der Waals surface area contributed by atoms with Crippen LogP contribution in [0.1, 0.15) is 37.3 Å². The molecule has 1 aliphatic rings. The largest absolute Gasteiger partial charge is 0.486 e. The monoisotopic (exact) mass is 517 g/mol. The van der Waals surface area contributed by atoms with Crippen molar-refractivity contribution in [3.63, 3.8) is 0 Å². The summed E-state index contributed by atoms with van der Waals surface area (Å²) in [5.41, 5.74) is 6.31. The van der Waals surface area contributed by atoms with Gasteiger partial charge in [-0.1, -0.05) is 0 Å². The standard InChI is InChI=1S/C26H35N3O8/c1-18-15-25(32)29(22-5-6-24(31)28-26(22)33)23-16-20(3-4-21(18)23)37-17-19(30)7-10-35-12-14-36-13-11-34-9-2-8-27/h3-4,15-16,22H,2,5-14,17,27H2,1H3,(H,28,31,33). The fraction of sp³-hybridized carbons (Fsp3) is 0.538. The zero-order chi connectivity index (χ0) is 26.6. The number of rotatable bonds is 16. The summed E-state index contributed by atoms with van der Waals surface area (Å²) in [6, 6.07) is 5.83. The van der Waals surface area contributed by atoms with E-state index in [2.05, 4.69) is 5.32 Å². The first-order valence-corrected chi connectivity index (χ1v) is 12.5. The number of pyridine rings is 1. The molecule has 11 heteroatoms. The molecular weight excluding hydrogens is 482 g/mol. The first-order valence-electron chi connectivity index (χ1n) is 12.5. The number of fused-ring (bicyclic) bond motifs is 1. The van der Waals surface area contributed by atoms with Gasteiger partial charge in [0.15, 0.2) is 5.78 Å². The Morgan fingerprint density at radius 2 is 1.73 bits per heavy atom. The zero-order valence-corrected chi connectivity index (χ0v) is 21.2. The molecule has 0 saturated carbocycles. The second-order valence-electron chi connectivity index (χ2n) is 8.74. The number of benzene rings is 1. The average Bonchev–Trinajstić information content (AvgIpc) is 2.87. The van der Waals surface area contributed by atoms with Gasteiger partial charge in [0, 0.05) is 37.0 Å². The lowest BCUT2D eigenvalue weighted by atomic mass is 10.0. The molecule has 2 amide bonds. The fourth-order valence-electron chi connectivity index (χ4n) is 3.98. The third-order valence-electron chi connectivity index (χ3n) is 5.91. The van der Waals surface area contributed by atoms with Crippen molar-refractivity contribution in [2.75, 3.05) is 52.8 Å². The Bertz CT molecular complexity index is 1150. The fourth-order valence-corrected chi connectivity index (χ4v) is 3.98. The Labute approximate surface area is 215 Å². The Balaban J connectivity index is 1.48. The normalized spacial score (nSPS) is 15.7. The Hall–Kier alpha value is -3.12. The number of Topliss-reactive ketones (excluding diaryl/α,β-unsaturated/α-hetero) is 1. The van der Waals surface area contributed by atoms with E-state index in [1.54, 1.807) is 18.2 Å². The second-order valence-corrected chi connectivity index (χ2v) is 8.74. The first kappa shape index (κ1) is 28.5. The predicted octanol–water partition coefficient (Wildman–Crippen LogP) is 1.02. The van der Waals surface area contributed by atoms with Gasteiger partial charge in [0.1, 0.15) is 18.4 Å². The highest BCUT2D eigenvalue weighted by Crippen LogP contribution is 2.27. The molecule has 1 atom stereocenters. The molecule has 2 aromatic rings. The molecule has 11 nitrogen and oxygen atoms in total. The van der Waals surface area contributed by atoms with Gasteiger partial charge in [0.25, 0.3) is 5.56 Å². The number of aryl methyl sites for hydroxylation is 1. The minimum Gasteiger partial charge on any atom is -0.486 e. The number of carbonyl (C=O) groups is 3. The van der Waals surface area contributed by atoms with Crippen LogP contribution in [0, 0.1) is 6.92 Å². The molecule has 202 valence electrons. The molecule has 3 N–H and O–H groups in total. The number of piperidine rings is 1. The topological polar surface area (TPSA) is 148 Å². The molecule has 1 fully saturated rings. The summed E-state index contributed by atoms with van der Waals surface area (Å²) < 4.78 is 23.2. The van der Waals surface area contributed by atoms with Crippen molar-refractivity contribution >= 4 is 28.5 Å². The van der Waals surface area contributed by atoms with Gasteiger partial charge < -0.3 is 24.7 Å². The van der Waals surface area contributed by atoms with Crippen LogP contribution in [-0.2, 0) is 28.6 Å². The highest BCUT2D eigenvalue weighted by Gasteiger charge is 2.30. The lowest BCUT2D eigenvalue weighted by Crippen LogP contribution is -2.44. The molecule has 1 aliphatic heterocycles. The van der Waals surface area contributed by atoms with Gasteiger partial charge in [-0.2, -0.15) is 0 Å². The van der Waals surface area contributed by atoms with Crippen LogP contribution in [0.15, 0.2) is 29.1 Å².